The van der Waals surface area contributed by atoms with Crippen LogP contribution in [-0.4, -0.2) is 18.1 Å². The van der Waals surface area contributed by atoms with Crippen LogP contribution in [0.1, 0.15) is 30.4 Å². The van der Waals surface area contributed by atoms with Gasteiger partial charge in [-0.05, 0) is 24.0 Å². The molecule has 2 aliphatic rings. The smallest absolute Gasteiger partial charge is 0.373 e. The molecule has 0 radical (unpaired) electrons. The predicted octanol–water partition coefficient (Wildman–Crippen LogP) is 2.70. The van der Waals surface area contributed by atoms with Crippen LogP contribution in [0.4, 0.5) is 13.2 Å². The number of fused-ring (bicyclic) bond motifs is 2. The van der Waals surface area contributed by atoms with Gasteiger partial charge in [-0.25, -0.2) is 0 Å². The van der Waals surface area contributed by atoms with E-state index in [0.717, 1.165) is 6.07 Å². The highest BCUT2D eigenvalue weighted by atomic mass is 19.4. The molecular weight excluding hydrogens is 283 g/mol. The molecule has 2 heterocycles. The van der Waals surface area contributed by atoms with Crippen molar-refractivity contribution >= 4 is 5.91 Å². The largest absolute Gasteiger partial charge is 0.416 e. The van der Waals surface area contributed by atoms with Gasteiger partial charge in [-0.2, -0.15) is 13.2 Å². The summed E-state index contributed by atoms with van der Waals surface area (Å²) < 4.78 is 45.1. The number of rotatable bonds is 2. The van der Waals surface area contributed by atoms with Gasteiger partial charge in [-0.3, -0.25) is 4.79 Å². The first kappa shape index (κ1) is 14.4. The minimum Gasteiger partial charge on any atom is -0.373 e. The molecule has 21 heavy (non-hydrogen) atoms. The van der Waals surface area contributed by atoms with Crippen molar-refractivity contribution in [2.24, 2.45) is 17.6 Å². The molecule has 0 saturated carbocycles. The van der Waals surface area contributed by atoms with E-state index in [-0.39, 0.29) is 29.6 Å². The van der Waals surface area contributed by atoms with E-state index in [0.29, 0.717) is 6.42 Å². The van der Waals surface area contributed by atoms with Gasteiger partial charge in [0.15, 0.2) is 0 Å². The summed E-state index contributed by atoms with van der Waals surface area (Å²) in [7, 11) is 0. The molecule has 5 unspecified atom stereocenters. The van der Waals surface area contributed by atoms with Crippen molar-refractivity contribution in [1.82, 2.24) is 0 Å². The summed E-state index contributed by atoms with van der Waals surface area (Å²) in [6, 6.07) is 5.59. The molecule has 2 fully saturated rings. The molecule has 2 aliphatic heterocycles. The monoisotopic (exact) mass is 299 g/mol. The van der Waals surface area contributed by atoms with Crippen molar-refractivity contribution in [1.29, 1.82) is 0 Å². The standard InChI is InChI=1S/C15H16F3NO2/c1-7-12(14(19)20)11-6-9(13(7)21-11)8-4-2-3-5-10(8)15(16,17)18/h2-5,7,9,11-13H,6H2,1H3,(H2,19,20). The Bertz CT molecular complexity index is 570. The number of carbonyl (C=O) groups is 1. The van der Waals surface area contributed by atoms with Crippen LogP contribution in [-0.2, 0) is 15.7 Å². The SMILES string of the molecule is CC1C2OC(CC2c2ccccc2C(F)(F)F)C1C(N)=O. The number of primary amides is 1. The summed E-state index contributed by atoms with van der Waals surface area (Å²) in [5.74, 6) is -1.33. The Kier molecular flexibility index (Phi) is 3.24. The Balaban J connectivity index is 1.94. The molecule has 0 spiro atoms. The highest BCUT2D eigenvalue weighted by Gasteiger charge is 2.55. The van der Waals surface area contributed by atoms with Crippen LogP contribution in [0, 0.1) is 11.8 Å². The molecule has 3 nitrogen and oxygen atoms in total. The van der Waals surface area contributed by atoms with Gasteiger partial charge < -0.3 is 10.5 Å². The number of alkyl halides is 3. The Morgan fingerprint density at radius 3 is 2.57 bits per heavy atom. The van der Waals surface area contributed by atoms with E-state index in [1.807, 2.05) is 6.92 Å². The summed E-state index contributed by atoms with van der Waals surface area (Å²) in [5.41, 5.74) is 5.00. The van der Waals surface area contributed by atoms with Gasteiger partial charge in [0.1, 0.15) is 0 Å². The molecule has 3 rings (SSSR count). The lowest BCUT2D eigenvalue weighted by Gasteiger charge is -2.30. The Morgan fingerprint density at radius 2 is 2.00 bits per heavy atom. The first-order valence-corrected chi connectivity index (χ1v) is 6.91. The third-order valence-corrected chi connectivity index (χ3v) is 4.69. The minimum absolute atomic E-state index is 0.160. The number of hydrogen-bond acceptors (Lipinski definition) is 2. The second-order valence-corrected chi connectivity index (χ2v) is 5.85. The predicted molar refractivity (Wildman–Crippen MR) is 69.3 cm³/mol. The summed E-state index contributed by atoms with van der Waals surface area (Å²) >= 11 is 0. The second-order valence-electron chi connectivity index (χ2n) is 5.85. The van der Waals surface area contributed by atoms with E-state index in [4.69, 9.17) is 10.5 Å². The van der Waals surface area contributed by atoms with Crippen LogP contribution in [0.5, 0.6) is 0 Å². The van der Waals surface area contributed by atoms with E-state index in [9.17, 15) is 18.0 Å². The van der Waals surface area contributed by atoms with Gasteiger partial charge in [-0.15, -0.1) is 0 Å². The third kappa shape index (κ3) is 2.21. The van der Waals surface area contributed by atoms with Crippen LogP contribution in [0.15, 0.2) is 24.3 Å². The first-order chi connectivity index (χ1) is 9.80. The van der Waals surface area contributed by atoms with Gasteiger partial charge in [0, 0.05) is 5.92 Å². The average molecular weight is 299 g/mol. The van der Waals surface area contributed by atoms with Crippen molar-refractivity contribution in [2.75, 3.05) is 0 Å². The fraction of sp³-hybridized carbons (Fsp3) is 0.533. The zero-order valence-corrected chi connectivity index (χ0v) is 11.4. The fourth-order valence-electron chi connectivity index (χ4n) is 3.83. The number of amides is 1. The number of ether oxygens (including phenoxy) is 1. The number of nitrogens with two attached hydrogens (primary N) is 1. The third-order valence-electron chi connectivity index (χ3n) is 4.69. The van der Waals surface area contributed by atoms with E-state index >= 15 is 0 Å². The molecule has 5 atom stereocenters. The average Bonchev–Trinajstić information content (AvgIpc) is 2.94. The van der Waals surface area contributed by atoms with Crippen LogP contribution < -0.4 is 5.73 Å². The molecule has 1 aromatic carbocycles. The molecule has 0 aliphatic carbocycles. The molecular formula is C15H16F3NO2. The highest BCUT2D eigenvalue weighted by molar-refractivity contribution is 5.78. The molecule has 2 saturated heterocycles. The quantitative estimate of drug-likeness (QED) is 0.913. The zero-order valence-electron chi connectivity index (χ0n) is 11.4. The summed E-state index contributed by atoms with van der Waals surface area (Å²) in [6.07, 6.45) is -4.72. The lowest BCUT2D eigenvalue weighted by atomic mass is 9.71. The molecule has 1 amide bonds. The Hall–Kier alpha value is -1.56. The van der Waals surface area contributed by atoms with Crippen LogP contribution in [0.25, 0.3) is 0 Å². The van der Waals surface area contributed by atoms with Crippen LogP contribution in [0.3, 0.4) is 0 Å². The van der Waals surface area contributed by atoms with E-state index < -0.39 is 23.6 Å². The van der Waals surface area contributed by atoms with Gasteiger partial charge >= 0.3 is 6.18 Å². The zero-order chi connectivity index (χ0) is 15.4. The number of carbonyl (C=O) groups excluding carboxylic acids is 1. The minimum atomic E-state index is -4.38. The van der Waals surface area contributed by atoms with Crippen molar-refractivity contribution in [2.45, 2.75) is 37.6 Å². The lowest BCUT2D eigenvalue weighted by molar-refractivity contribution is -0.138. The summed E-state index contributed by atoms with van der Waals surface area (Å²) in [6.45, 7) is 1.82. The van der Waals surface area contributed by atoms with Crippen molar-refractivity contribution in [3.8, 4) is 0 Å². The van der Waals surface area contributed by atoms with Gasteiger partial charge in [0.25, 0.3) is 0 Å². The van der Waals surface area contributed by atoms with Crippen molar-refractivity contribution in [3.05, 3.63) is 35.4 Å². The van der Waals surface area contributed by atoms with Crippen LogP contribution in [0.2, 0.25) is 0 Å². The van der Waals surface area contributed by atoms with E-state index in [1.165, 1.54) is 12.1 Å². The molecule has 114 valence electrons. The van der Waals surface area contributed by atoms with Crippen LogP contribution >= 0.6 is 0 Å². The molecule has 2 bridgehead atoms. The van der Waals surface area contributed by atoms with E-state index in [1.54, 1.807) is 6.07 Å². The normalized spacial score (nSPS) is 35.1. The lowest BCUT2D eigenvalue weighted by Crippen LogP contribution is -2.39. The second kappa shape index (κ2) is 4.73. The van der Waals surface area contributed by atoms with Gasteiger partial charge in [-0.1, -0.05) is 25.1 Å². The number of benzene rings is 1. The molecule has 2 N–H and O–H groups in total. The number of halogens is 3. The summed E-state index contributed by atoms with van der Waals surface area (Å²) in [5, 5.41) is 0. The maximum absolute atomic E-state index is 13.1. The first-order valence-electron chi connectivity index (χ1n) is 6.91. The molecule has 0 aromatic heterocycles. The molecule has 6 heteroatoms. The fourth-order valence-corrected chi connectivity index (χ4v) is 3.83. The summed E-state index contributed by atoms with van der Waals surface area (Å²) in [4.78, 5) is 11.4. The van der Waals surface area contributed by atoms with Gasteiger partial charge in [0.2, 0.25) is 5.91 Å². The van der Waals surface area contributed by atoms with E-state index in [2.05, 4.69) is 0 Å². The maximum Gasteiger partial charge on any atom is 0.416 e. The van der Waals surface area contributed by atoms with Gasteiger partial charge in [0.05, 0.1) is 23.7 Å². The maximum atomic E-state index is 13.1. The van der Waals surface area contributed by atoms with Crippen molar-refractivity contribution < 1.29 is 22.7 Å². The molecule has 1 aromatic rings. The Labute approximate surface area is 120 Å². The van der Waals surface area contributed by atoms with Crippen molar-refractivity contribution in [3.63, 3.8) is 0 Å². The topological polar surface area (TPSA) is 52.3 Å². The number of hydrogen-bond donors (Lipinski definition) is 1. The Morgan fingerprint density at radius 1 is 1.33 bits per heavy atom. The highest BCUT2D eigenvalue weighted by Crippen LogP contribution is 2.52.